The number of hydrogen-bond acceptors (Lipinski definition) is 0. The minimum absolute atomic E-state index is 0. The molecule has 0 aromatic rings. The van der Waals surface area contributed by atoms with Crippen molar-refractivity contribution in [1.29, 1.82) is 0 Å². The molecule has 25 heavy (non-hydrogen) atoms. The van der Waals surface area contributed by atoms with Crippen LogP contribution in [0.3, 0.4) is 0 Å². The Labute approximate surface area is 184 Å². The quantitative estimate of drug-likeness (QED) is 0.158. The van der Waals surface area contributed by atoms with Crippen LogP contribution in [0.2, 0.25) is 0 Å². The second-order valence-corrected chi connectivity index (χ2v) is 21.7. The fraction of sp³-hybridized carbons (Fsp3) is 0.833. The molecular formula is C18H45MoP6-3. The zero-order chi connectivity index (χ0) is 19.7. The fourth-order valence-electron chi connectivity index (χ4n) is 0.980. The van der Waals surface area contributed by atoms with E-state index in [1.807, 2.05) is 0 Å². The van der Waals surface area contributed by atoms with Crippen LogP contribution in [0.1, 0.15) is 0 Å². The summed E-state index contributed by atoms with van der Waals surface area (Å²) in [5, 5.41) is 0. The van der Waals surface area contributed by atoms with E-state index in [1.165, 1.54) is 18.5 Å². The molecule has 0 saturated heterocycles. The zero-order valence-corrected chi connectivity index (χ0v) is 26.3. The summed E-state index contributed by atoms with van der Waals surface area (Å²) in [4.78, 5) is 0. The van der Waals surface area contributed by atoms with Crippen LogP contribution in [0.15, 0.2) is 0 Å². The first-order valence-electron chi connectivity index (χ1n) is 8.31. The average molecular weight is 543 g/mol. The van der Waals surface area contributed by atoms with Gasteiger partial charge < -0.3 is 0 Å². The van der Waals surface area contributed by atoms with Gasteiger partial charge in [-0.1, -0.05) is 40.0 Å². The van der Waals surface area contributed by atoms with Gasteiger partial charge >= 0.3 is 0 Å². The Morgan fingerprint density at radius 1 is 0.400 bits per heavy atom. The predicted molar refractivity (Wildman–Crippen MR) is 140 cm³/mol. The first-order valence-corrected chi connectivity index (χ1v) is 22.5. The summed E-state index contributed by atoms with van der Waals surface area (Å²) in [6, 6.07) is 0. The van der Waals surface area contributed by atoms with E-state index in [4.69, 9.17) is 0 Å². The van der Waals surface area contributed by atoms with Gasteiger partial charge in [0.15, 0.2) is 0 Å². The molecule has 0 aromatic heterocycles. The monoisotopic (exact) mass is 545 g/mol. The molecule has 0 rings (SSSR count). The molecule has 0 bridgehead atoms. The van der Waals surface area contributed by atoms with Crippen molar-refractivity contribution in [1.82, 2.24) is 0 Å². The maximum absolute atomic E-state index is 2.46. The van der Waals surface area contributed by atoms with E-state index in [9.17, 15) is 0 Å². The third-order valence-electron chi connectivity index (χ3n) is 2.44. The van der Waals surface area contributed by atoms with Crippen molar-refractivity contribution in [3.05, 3.63) is 18.5 Å². The molecule has 156 valence electrons. The van der Waals surface area contributed by atoms with Crippen molar-refractivity contribution >= 4 is 47.5 Å². The minimum atomic E-state index is 0. The van der Waals surface area contributed by atoms with Crippen molar-refractivity contribution in [2.45, 2.75) is 0 Å². The molecule has 0 fully saturated rings. The summed E-state index contributed by atoms with van der Waals surface area (Å²) in [7, 11) is 1.76. The smallest absolute Gasteiger partial charge is 0 e. The number of hydrogen-bond donors (Lipinski definition) is 0. The van der Waals surface area contributed by atoms with Gasteiger partial charge in [0.05, 0.1) is 0 Å². The maximum Gasteiger partial charge on any atom is 0 e. The van der Waals surface area contributed by atoms with E-state index < -0.39 is 0 Å². The Kier molecular flexibility index (Phi) is 36.1. The third kappa shape index (κ3) is 52.2. The van der Waals surface area contributed by atoms with Gasteiger partial charge in [-0.2, -0.15) is 18.5 Å². The molecule has 0 aliphatic carbocycles. The van der Waals surface area contributed by atoms with Crippen LogP contribution in [0.4, 0.5) is 0 Å². The van der Waals surface area contributed by atoms with Gasteiger partial charge in [0.2, 0.25) is 0 Å². The summed E-state index contributed by atoms with van der Waals surface area (Å²) < 4.78 is 0. The first-order chi connectivity index (χ1) is 10.9. The van der Waals surface area contributed by atoms with E-state index in [0.717, 1.165) is 0 Å². The molecule has 0 aliphatic heterocycles. The van der Waals surface area contributed by atoms with Gasteiger partial charge in [0.25, 0.3) is 0 Å². The standard InChI is InChI=1S/3C6H15P2.Mo/c3*1-7(2)5-6-8(3)4;/h3*5H,6H2,1-4H3;/q3*-1;. The van der Waals surface area contributed by atoms with Crippen molar-refractivity contribution in [2.75, 3.05) is 98.5 Å². The van der Waals surface area contributed by atoms with Gasteiger partial charge in [-0.3, -0.25) is 42.3 Å². The molecule has 0 amide bonds. The average Bonchev–Trinajstić information content (AvgIpc) is 2.42. The largest absolute Gasteiger partial charge is 0.299 e. The number of rotatable bonds is 9. The van der Waals surface area contributed by atoms with Crippen molar-refractivity contribution in [3.8, 4) is 0 Å². The maximum atomic E-state index is 2.46. The Balaban J connectivity index is -0.000000130. The summed E-state index contributed by atoms with van der Waals surface area (Å²) in [6.45, 7) is 27.7. The first kappa shape index (κ1) is 35.7. The van der Waals surface area contributed by atoms with Crippen LogP contribution in [0, 0.1) is 18.5 Å². The van der Waals surface area contributed by atoms with E-state index in [0.29, 0.717) is 23.8 Å². The summed E-state index contributed by atoms with van der Waals surface area (Å²) >= 11 is 0. The van der Waals surface area contributed by atoms with Crippen LogP contribution >= 0.6 is 47.5 Å². The van der Waals surface area contributed by atoms with E-state index in [2.05, 4.69) is 98.5 Å². The molecule has 0 unspecified atom stereocenters. The van der Waals surface area contributed by atoms with Crippen LogP contribution in [0.5, 0.6) is 0 Å². The molecule has 0 radical (unpaired) electrons. The summed E-state index contributed by atoms with van der Waals surface area (Å²) in [6.07, 6.45) is 11.4. The Bertz CT molecular complexity index is 172. The van der Waals surface area contributed by atoms with Gasteiger partial charge in [-0.15, -0.1) is 23.8 Å². The van der Waals surface area contributed by atoms with Crippen LogP contribution in [-0.2, 0) is 21.1 Å². The van der Waals surface area contributed by atoms with E-state index in [-0.39, 0.29) is 44.8 Å². The van der Waals surface area contributed by atoms with Crippen molar-refractivity contribution in [2.24, 2.45) is 0 Å². The molecule has 0 saturated carbocycles. The van der Waals surface area contributed by atoms with Crippen LogP contribution in [-0.4, -0.2) is 98.5 Å². The van der Waals surface area contributed by atoms with Crippen LogP contribution in [0.25, 0.3) is 0 Å². The van der Waals surface area contributed by atoms with Gasteiger partial charge in [0, 0.05) is 21.1 Å². The van der Waals surface area contributed by atoms with E-state index in [1.54, 1.807) is 0 Å². The molecule has 0 aromatic carbocycles. The van der Waals surface area contributed by atoms with Gasteiger partial charge in [0.1, 0.15) is 0 Å². The molecule has 7 heteroatoms. The fourth-order valence-corrected chi connectivity index (χ4v) is 8.82. The molecule has 0 atom stereocenters. The Morgan fingerprint density at radius 3 is 0.600 bits per heavy atom. The topological polar surface area (TPSA) is 0 Å². The zero-order valence-electron chi connectivity index (χ0n) is 18.9. The SMILES string of the molecule is CP(C)[CH-]CP(C)C.CP(C)[CH-]CP(C)C.CP(C)[CH-]CP(C)C.[Mo]. The minimum Gasteiger partial charge on any atom is -0.299 e. The van der Waals surface area contributed by atoms with E-state index >= 15 is 0 Å². The second-order valence-electron chi connectivity index (χ2n) is 7.23. The molecular weight excluding hydrogens is 498 g/mol. The normalized spacial score (nSPS) is 10.8. The third-order valence-corrected chi connectivity index (χ3v) is 8.78. The summed E-state index contributed by atoms with van der Waals surface area (Å²) in [5.41, 5.74) is 0. The van der Waals surface area contributed by atoms with Crippen LogP contribution < -0.4 is 0 Å². The molecule has 0 N–H and O–H groups in total. The van der Waals surface area contributed by atoms with Crippen molar-refractivity contribution < 1.29 is 21.1 Å². The van der Waals surface area contributed by atoms with Crippen molar-refractivity contribution in [3.63, 3.8) is 0 Å². The molecule has 0 spiro atoms. The summed E-state index contributed by atoms with van der Waals surface area (Å²) in [5.74, 6) is 0. The second kappa shape index (κ2) is 25.3. The Morgan fingerprint density at radius 2 is 0.560 bits per heavy atom. The molecule has 0 aliphatic rings. The Hall–Kier alpha value is 3.27. The van der Waals surface area contributed by atoms with Gasteiger partial charge in [-0.05, 0) is 40.0 Å². The molecule has 0 nitrogen and oxygen atoms in total. The molecule has 0 heterocycles. The van der Waals surface area contributed by atoms with Gasteiger partial charge in [-0.25, -0.2) is 0 Å². The predicted octanol–water partition coefficient (Wildman–Crippen LogP) is 7.89.